The standard InChI is InChI=1S/C17H22N2O4S/c1-2-3-4-13(17(22)23)18-15(20)5-6-16(21)19-9-7-14-12(11-19)8-10-24-14/h2,8,10,13H,1,3-7,9,11H2,(H,18,20)(H,22,23). The molecule has 2 amide bonds. The molecule has 1 aliphatic rings. The molecule has 130 valence electrons. The zero-order valence-electron chi connectivity index (χ0n) is 13.5. The number of nitrogens with zero attached hydrogens (tertiary/aromatic N) is 1. The number of thiophene rings is 1. The summed E-state index contributed by atoms with van der Waals surface area (Å²) in [5, 5.41) is 13.6. The lowest BCUT2D eigenvalue weighted by Gasteiger charge is -2.27. The number of rotatable bonds is 8. The van der Waals surface area contributed by atoms with E-state index in [0.717, 1.165) is 6.42 Å². The van der Waals surface area contributed by atoms with Crippen LogP contribution >= 0.6 is 11.3 Å². The molecule has 0 saturated carbocycles. The molecule has 0 radical (unpaired) electrons. The maximum absolute atomic E-state index is 12.2. The van der Waals surface area contributed by atoms with Crippen LogP contribution in [0.2, 0.25) is 0 Å². The molecule has 24 heavy (non-hydrogen) atoms. The largest absolute Gasteiger partial charge is 0.480 e. The van der Waals surface area contributed by atoms with Crippen molar-refractivity contribution in [1.82, 2.24) is 10.2 Å². The highest BCUT2D eigenvalue weighted by atomic mass is 32.1. The second kappa shape index (κ2) is 8.63. The molecule has 0 spiro atoms. The molecule has 1 aromatic rings. The number of aliphatic carboxylic acids is 1. The van der Waals surface area contributed by atoms with Crippen molar-refractivity contribution < 1.29 is 19.5 Å². The third-order valence-corrected chi connectivity index (χ3v) is 5.04. The Bertz CT molecular complexity index is 626. The Morgan fingerprint density at radius 3 is 2.92 bits per heavy atom. The number of fused-ring (bicyclic) bond motifs is 1. The number of nitrogens with one attached hydrogen (secondary N) is 1. The van der Waals surface area contributed by atoms with Gasteiger partial charge >= 0.3 is 5.97 Å². The van der Waals surface area contributed by atoms with Gasteiger partial charge in [-0.25, -0.2) is 4.79 Å². The SMILES string of the molecule is C=CCCC(NC(=O)CCC(=O)N1CCc2sccc2C1)C(=O)O. The van der Waals surface area contributed by atoms with Crippen LogP contribution in [0.15, 0.2) is 24.1 Å². The average Bonchev–Trinajstić information content (AvgIpc) is 3.03. The number of carbonyl (C=O) groups excluding carboxylic acids is 2. The van der Waals surface area contributed by atoms with Gasteiger partial charge in [-0.05, 0) is 36.3 Å². The van der Waals surface area contributed by atoms with Gasteiger partial charge in [0.1, 0.15) is 6.04 Å². The van der Waals surface area contributed by atoms with Gasteiger partial charge in [-0.1, -0.05) is 6.08 Å². The summed E-state index contributed by atoms with van der Waals surface area (Å²) >= 11 is 1.71. The summed E-state index contributed by atoms with van der Waals surface area (Å²) < 4.78 is 0. The normalized spacial score (nSPS) is 14.6. The lowest BCUT2D eigenvalue weighted by atomic mass is 10.1. The van der Waals surface area contributed by atoms with Crippen LogP contribution < -0.4 is 5.32 Å². The number of allylic oxidation sites excluding steroid dienone is 1. The molecule has 0 saturated heterocycles. The Labute approximate surface area is 145 Å². The number of amides is 2. The van der Waals surface area contributed by atoms with Crippen molar-refractivity contribution >= 4 is 29.1 Å². The lowest BCUT2D eigenvalue weighted by molar-refractivity contribution is -0.142. The van der Waals surface area contributed by atoms with Gasteiger partial charge in [-0.15, -0.1) is 17.9 Å². The van der Waals surface area contributed by atoms with Gasteiger partial charge in [0, 0.05) is 30.8 Å². The van der Waals surface area contributed by atoms with E-state index in [1.54, 1.807) is 22.3 Å². The van der Waals surface area contributed by atoms with Crippen molar-refractivity contribution in [2.45, 2.75) is 44.7 Å². The monoisotopic (exact) mass is 350 g/mol. The van der Waals surface area contributed by atoms with Crippen LogP contribution in [0.25, 0.3) is 0 Å². The van der Waals surface area contributed by atoms with Crippen molar-refractivity contribution in [2.24, 2.45) is 0 Å². The van der Waals surface area contributed by atoms with E-state index in [0.29, 0.717) is 25.9 Å². The molecule has 0 aromatic carbocycles. The smallest absolute Gasteiger partial charge is 0.326 e. The molecule has 2 heterocycles. The molecule has 1 aliphatic heterocycles. The maximum atomic E-state index is 12.2. The molecule has 1 unspecified atom stereocenters. The van der Waals surface area contributed by atoms with E-state index in [4.69, 9.17) is 5.11 Å². The number of hydrogen-bond donors (Lipinski definition) is 2. The summed E-state index contributed by atoms with van der Waals surface area (Å²) in [5.74, 6) is -1.55. The maximum Gasteiger partial charge on any atom is 0.326 e. The van der Waals surface area contributed by atoms with E-state index >= 15 is 0 Å². The predicted octanol–water partition coefficient (Wildman–Crippen LogP) is 1.95. The zero-order chi connectivity index (χ0) is 17.5. The molecule has 6 nitrogen and oxygen atoms in total. The van der Waals surface area contributed by atoms with Gasteiger partial charge < -0.3 is 15.3 Å². The van der Waals surface area contributed by atoms with Crippen LogP contribution in [-0.2, 0) is 27.3 Å². The van der Waals surface area contributed by atoms with Crippen LogP contribution in [0.3, 0.4) is 0 Å². The predicted molar refractivity (Wildman–Crippen MR) is 91.7 cm³/mol. The number of hydrogen-bond acceptors (Lipinski definition) is 4. The summed E-state index contributed by atoms with van der Waals surface area (Å²) in [4.78, 5) is 38.3. The van der Waals surface area contributed by atoms with E-state index in [-0.39, 0.29) is 18.7 Å². The van der Waals surface area contributed by atoms with Gasteiger partial charge in [0.05, 0.1) is 0 Å². The molecule has 1 aromatic heterocycles. The van der Waals surface area contributed by atoms with E-state index in [1.807, 2.05) is 11.4 Å². The minimum atomic E-state index is -1.07. The fourth-order valence-electron chi connectivity index (χ4n) is 2.65. The molecule has 2 rings (SSSR count). The minimum Gasteiger partial charge on any atom is -0.480 e. The number of carboxylic acids is 1. The zero-order valence-corrected chi connectivity index (χ0v) is 14.3. The third kappa shape index (κ3) is 4.92. The first-order chi connectivity index (χ1) is 11.5. The second-order valence-corrected chi connectivity index (χ2v) is 6.76. The number of carbonyl (C=O) groups is 3. The first-order valence-corrected chi connectivity index (χ1v) is 8.85. The summed E-state index contributed by atoms with van der Waals surface area (Å²) in [5.41, 5.74) is 1.18. The Kier molecular flexibility index (Phi) is 6.54. The van der Waals surface area contributed by atoms with Crippen molar-refractivity contribution in [3.63, 3.8) is 0 Å². The van der Waals surface area contributed by atoms with E-state index in [1.165, 1.54) is 10.4 Å². The Balaban J connectivity index is 1.77. The highest BCUT2D eigenvalue weighted by Crippen LogP contribution is 2.24. The highest BCUT2D eigenvalue weighted by molar-refractivity contribution is 7.10. The highest BCUT2D eigenvalue weighted by Gasteiger charge is 2.23. The van der Waals surface area contributed by atoms with E-state index in [9.17, 15) is 14.4 Å². The van der Waals surface area contributed by atoms with Crippen molar-refractivity contribution in [3.8, 4) is 0 Å². The van der Waals surface area contributed by atoms with Gasteiger partial charge in [0.15, 0.2) is 0 Å². The fraction of sp³-hybridized carbons (Fsp3) is 0.471. The summed E-state index contributed by atoms with van der Waals surface area (Å²) in [7, 11) is 0. The van der Waals surface area contributed by atoms with Crippen molar-refractivity contribution in [2.75, 3.05) is 6.54 Å². The van der Waals surface area contributed by atoms with Gasteiger partial charge in [-0.2, -0.15) is 0 Å². The molecule has 0 fully saturated rings. The first-order valence-electron chi connectivity index (χ1n) is 7.97. The van der Waals surface area contributed by atoms with Gasteiger partial charge in [0.25, 0.3) is 0 Å². The van der Waals surface area contributed by atoms with Crippen LogP contribution in [0, 0.1) is 0 Å². The lowest BCUT2D eigenvalue weighted by Crippen LogP contribution is -2.41. The second-order valence-electron chi connectivity index (χ2n) is 5.76. The molecule has 0 bridgehead atoms. The molecule has 7 heteroatoms. The Morgan fingerprint density at radius 2 is 2.21 bits per heavy atom. The third-order valence-electron chi connectivity index (χ3n) is 4.02. The summed E-state index contributed by atoms with van der Waals surface area (Å²) in [6.45, 7) is 4.80. The summed E-state index contributed by atoms with van der Waals surface area (Å²) in [6, 6.07) is 1.09. The summed E-state index contributed by atoms with van der Waals surface area (Å²) in [6.07, 6.45) is 3.37. The van der Waals surface area contributed by atoms with Crippen LogP contribution in [0.1, 0.15) is 36.1 Å². The first kappa shape index (κ1) is 18.2. The van der Waals surface area contributed by atoms with Crippen LogP contribution in [-0.4, -0.2) is 40.4 Å². The molecular formula is C17H22N2O4S. The van der Waals surface area contributed by atoms with Crippen molar-refractivity contribution in [3.05, 3.63) is 34.5 Å². The quantitative estimate of drug-likeness (QED) is 0.702. The molecular weight excluding hydrogens is 328 g/mol. The van der Waals surface area contributed by atoms with Gasteiger partial charge in [-0.3, -0.25) is 9.59 Å². The Hall–Kier alpha value is -2.15. The number of carboxylic acid groups (broad SMARTS) is 1. The van der Waals surface area contributed by atoms with Gasteiger partial charge in [0.2, 0.25) is 11.8 Å². The molecule has 0 aliphatic carbocycles. The Morgan fingerprint density at radius 1 is 1.42 bits per heavy atom. The molecule has 1 atom stereocenters. The van der Waals surface area contributed by atoms with E-state index in [2.05, 4.69) is 11.9 Å². The topological polar surface area (TPSA) is 86.7 Å². The average molecular weight is 350 g/mol. The van der Waals surface area contributed by atoms with Crippen LogP contribution in [0.5, 0.6) is 0 Å². The minimum absolute atomic E-state index is 0.00367. The fourth-order valence-corrected chi connectivity index (χ4v) is 3.54. The van der Waals surface area contributed by atoms with Crippen molar-refractivity contribution in [1.29, 1.82) is 0 Å². The molecule has 2 N–H and O–H groups in total. The van der Waals surface area contributed by atoms with Crippen LogP contribution in [0.4, 0.5) is 0 Å². The van der Waals surface area contributed by atoms with E-state index < -0.39 is 17.9 Å².